The van der Waals surface area contributed by atoms with Crippen LogP contribution < -0.4 is 10.6 Å². The van der Waals surface area contributed by atoms with Gasteiger partial charge in [-0.05, 0) is 17.7 Å². The van der Waals surface area contributed by atoms with Crippen molar-refractivity contribution in [2.45, 2.75) is 6.61 Å². The van der Waals surface area contributed by atoms with Crippen LogP contribution in [0.2, 0.25) is 0 Å². The molecule has 2 rings (SSSR count). The first-order valence-corrected chi connectivity index (χ1v) is 5.01. The van der Waals surface area contributed by atoms with Gasteiger partial charge in [0.15, 0.2) is 0 Å². The quantitative estimate of drug-likeness (QED) is 0.668. The zero-order chi connectivity index (χ0) is 10.7. The third-order valence-corrected chi connectivity index (χ3v) is 2.56. The monoisotopic (exact) mass is 206 g/mol. The molecule has 1 aliphatic heterocycles. The van der Waals surface area contributed by atoms with Crippen LogP contribution in [-0.4, -0.2) is 24.1 Å². The number of hydrogen-bond donors (Lipinski definition) is 3. The molecule has 4 nitrogen and oxygen atoms in total. The summed E-state index contributed by atoms with van der Waals surface area (Å²) in [6, 6.07) is 7.20. The Morgan fingerprint density at radius 3 is 2.53 bits per heavy atom. The van der Waals surface area contributed by atoms with Crippen molar-refractivity contribution in [3.8, 4) is 0 Å². The third-order valence-electron chi connectivity index (χ3n) is 2.56. The maximum Gasteiger partial charge on any atom is 0.230 e. The first-order chi connectivity index (χ1) is 7.29. The fourth-order valence-electron chi connectivity index (χ4n) is 1.41. The summed E-state index contributed by atoms with van der Waals surface area (Å²) < 4.78 is 0. The number of carbonyl (C=O) groups is 1. The van der Waals surface area contributed by atoms with Crippen LogP contribution in [0, 0.1) is 5.92 Å². The summed E-state index contributed by atoms with van der Waals surface area (Å²) in [7, 11) is 0. The van der Waals surface area contributed by atoms with E-state index in [0.29, 0.717) is 0 Å². The zero-order valence-corrected chi connectivity index (χ0v) is 8.36. The lowest BCUT2D eigenvalue weighted by atomic mass is 10.0. The van der Waals surface area contributed by atoms with Crippen molar-refractivity contribution < 1.29 is 9.90 Å². The summed E-state index contributed by atoms with van der Waals surface area (Å²) in [5.41, 5.74) is 1.63. The van der Waals surface area contributed by atoms with Crippen LogP contribution in [0.3, 0.4) is 0 Å². The molecule has 1 heterocycles. The molecule has 1 aromatic carbocycles. The van der Waals surface area contributed by atoms with Gasteiger partial charge in [0.1, 0.15) is 0 Å². The summed E-state index contributed by atoms with van der Waals surface area (Å²) >= 11 is 0. The van der Waals surface area contributed by atoms with Gasteiger partial charge in [0.25, 0.3) is 0 Å². The lowest BCUT2D eigenvalue weighted by Gasteiger charge is -2.25. The van der Waals surface area contributed by atoms with Gasteiger partial charge < -0.3 is 15.7 Å². The highest BCUT2D eigenvalue weighted by atomic mass is 16.3. The summed E-state index contributed by atoms with van der Waals surface area (Å²) in [6.07, 6.45) is 0. The fraction of sp³-hybridized carbons (Fsp3) is 0.364. The second kappa shape index (κ2) is 4.42. The van der Waals surface area contributed by atoms with Crippen molar-refractivity contribution >= 4 is 11.6 Å². The van der Waals surface area contributed by atoms with Crippen molar-refractivity contribution in [2.75, 3.05) is 18.4 Å². The summed E-state index contributed by atoms with van der Waals surface area (Å²) in [5, 5.41) is 14.7. The molecule has 15 heavy (non-hydrogen) atoms. The van der Waals surface area contributed by atoms with Crippen molar-refractivity contribution in [2.24, 2.45) is 5.92 Å². The van der Waals surface area contributed by atoms with E-state index in [2.05, 4.69) is 10.6 Å². The molecule has 1 aliphatic rings. The predicted octanol–water partition coefficient (Wildman–Crippen LogP) is 0.337. The number of anilines is 1. The van der Waals surface area contributed by atoms with E-state index in [1.54, 1.807) is 24.3 Å². The molecule has 0 saturated carbocycles. The number of aliphatic hydroxyl groups is 1. The van der Waals surface area contributed by atoms with Crippen LogP contribution in [0.1, 0.15) is 5.56 Å². The Morgan fingerprint density at radius 1 is 1.40 bits per heavy atom. The number of nitrogens with one attached hydrogen (secondary N) is 2. The molecule has 1 fully saturated rings. The molecule has 3 N–H and O–H groups in total. The Morgan fingerprint density at radius 2 is 2.07 bits per heavy atom. The second-order valence-electron chi connectivity index (χ2n) is 3.70. The Hall–Kier alpha value is -1.39. The van der Waals surface area contributed by atoms with Gasteiger partial charge in [-0.25, -0.2) is 0 Å². The number of amides is 1. The average molecular weight is 206 g/mol. The van der Waals surface area contributed by atoms with E-state index in [1.165, 1.54) is 0 Å². The van der Waals surface area contributed by atoms with Crippen molar-refractivity contribution in [1.29, 1.82) is 0 Å². The Labute approximate surface area is 88.3 Å². The number of benzene rings is 1. The highest BCUT2D eigenvalue weighted by Crippen LogP contribution is 2.12. The van der Waals surface area contributed by atoms with Crippen molar-refractivity contribution in [1.82, 2.24) is 5.32 Å². The number of rotatable bonds is 3. The summed E-state index contributed by atoms with van der Waals surface area (Å²) in [6.45, 7) is 1.56. The van der Waals surface area contributed by atoms with Gasteiger partial charge in [-0.1, -0.05) is 12.1 Å². The molecule has 0 aromatic heterocycles. The minimum Gasteiger partial charge on any atom is -0.392 e. The first kappa shape index (κ1) is 10.1. The second-order valence-corrected chi connectivity index (χ2v) is 3.70. The van der Waals surface area contributed by atoms with Gasteiger partial charge in [0, 0.05) is 18.8 Å². The van der Waals surface area contributed by atoms with E-state index in [9.17, 15) is 4.79 Å². The smallest absolute Gasteiger partial charge is 0.230 e. The van der Waals surface area contributed by atoms with Crippen LogP contribution in [0.4, 0.5) is 5.69 Å². The van der Waals surface area contributed by atoms with E-state index in [-0.39, 0.29) is 18.4 Å². The lowest BCUT2D eigenvalue weighted by Crippen LogP contribution is -2.48. The van der Waals surface area contributed by atoms with Gasteiger partial charge in [-0.15, -0.1) is 0 Å². The predicted molar refractivity (Wildman–Crippen MR) is 57.4 cm³/mol. The number of carbonyl (C=O) groups excluding carboxylic acids is 1. The number of hydrogen-bond acceptors (Lipinski definition) is 3. The molecule has 0 unspecified atom stereocenters. The molecule has 0 radical (unpaired) electrons. The molecule has 1 aromatic rings. The molecule has 0 bridgehead atoms. The highest BCUT2D eigenvalue weighted by molar-refractivity contribution is 5.93. The minimum absolute atomic E-state index is 0.0285. The van der Waals surface area contributed by atoms with Gasteiger partial charge >= 0.3 is 0 Å². The van der Waals surface area contributed by atoms with Gasteiger partial charge in [-0.3, -0.25) is 4.79 Å². The Balaban J connectivity index is 1.94. The molecule has 4 heteroatoms. The maximum atomic E-state index is 11.5. The molecular formula is C11H14N2O2. The lowest BCUT2D eigenvalue weighted by molar-refractivity contribution is -0.121. The molecule has 0 atom stereocenters. The number of aliphatic hydroxyl groups excluding tert-OH is 1. The first-order valence-electron chi connectivity index (χ1n) is 5.01. The highest BCUT2D eigenvalue weighted by Gasteiger charge is 2.24. The van der Waals surface area contributed by atoms with E-state index >= 15 is 0 Å². The molecule has 80 valence electrons. The average Bonchev–Trinajstić information content (AvgIpc) is 2.16. The van der Waals surface area contributed by atoms with Crippen LogP contribution in [0.25, 0.3) is 0 Å². The minimum atomic E-state index is 0.0285. The summed E-state index contributed by atoms with van der Waals surface area (Å²) in [5.74, 6) is 0.160. The normalized spacial score (nSPS) is 15.8. The molecule has 0 aliphatic carbocycles. The fourth-order valence-corrected chi connectivity index (χ4v) is 1.41. The van der Waals surface area contributed by atoms with Crippen LogP contribution >= 0.6 is 0 Å². The van der Waals surface area contributed by atoms with Crippen LogP contribution in [0.15, 0.2) is 24.3 Å². The van der Waals surface area contributed by atoms with Gasteiger partial charge in [0.05, 0.1) is 12.5 Å². The van der Waals surface area contributed by atoms with E-state index in [4.69, 9.17) is 5.11 Å². The standard InChI is InChI=1S/C11H14N2O2/c14-7-8-1-3-10(4-2-8)13-11(15)9-5-12-6-9/h1-4,9,12,14H,5-7H2,(H,13,15). The topological polar surface area (TPSA) is 61.4 Å². The van der Waals surface area contributed by atoms with E-state index in [0.717, 1.165) is 24.3 Å². The zero-order valence-electron chi connectivity index (χ0n) is 8.36. The third kappa shape index (κ3) is 2.34. The summed E-state index contributed by atoms with van der Waals surface area (Å²) in [4.78, 5) is 11.5. The van der Waals surface area contributed by atoms with Crippen molar-refractivity contribution in [3.63, 3.8) is 0 Å². The Bertz CT molecular complexity index is 344. The van der Waals surface area contributed by atoms with Crippen molar-refractivity contribution in [3.05, 3.63) is 29.8 Å². The van der Waals surface area contributed by atoms with Crippen LogP contribution in [-0.2, 0) is 11.4 Å². The van der Waals surface area contributed by atoms with Crippen LogP contribution in [0.5, 0.6) is 0 Å². The van der Waals surface area contributed by atoms with E-state index in [1.807, 2.05) is 0 Å². The van der Waals surface area contributed by atoms with Gasteiger partial charge in [-0.2, -0.15) is 0 Å². The van der Waals surface area contributed by atoms with E-state index < -0.39 is 0 Å². The van der Waals surface area contributed by atoms with Gasteiger partial charge in [0.2, 0.25) is 5.91 Å². The molecule has 0 spiro atoms. The Kier molecular flexibility index (Phi) is 2.99. The SMILES string of the molecule is O=C(Nc1ccc(CO)cc1)C1CNC1. The maximum absolute atomic E-state index is 11.5. The molecular weight excluding hydrogens is 192 g/mol. The largest absolute Gasteiger partial charge is 0.392 e. The molecule has 1 amide bonds. The molecule has 1 saturated heterocycles.